The lowest BCUT2D eigenvalue weighted by Crippen LogP contribution is -2.51. The second kappa shape index (κ2) is 12.2. The molecule has 1 aliphatic carbocycles. The molecular formula is C27H37F3N4O5S2. The van der Waals surface area contributed by atoms with E-state index in [1.165, 1.54) is 4.31 Å². The molecule has 1 amide bonds. The molecule has 1 saturated heterocycles. The lowest BCUT2D eigenvalue weighted by Gasteiger charge is -2.34. The van der Waals surface area contributed by atoms with Crippen molar-refractivity contribution in [2.24, 2.45) is 16.8 Å². The van der Waals surface area contributed by atoms with E-state index in [1.54, 1.807) is 6.20 Å². The lowest BCUT2D eigenvalue weighted by atomic mass is 9.81. The Balaban J connectivity index is 0.00000387. The molecule has 1 spiro atoms. The summed E-state index contributed by atoms with van der Waals surface area (Å²) >= 11 is 0. The maximum atomic E-state index is 13.2. The Morgan fingerprint density at radius 3 is 2.44 bits per heavy atom. The molecule has 5 rings (SSSR count). The Morgan fingerprint density at radius 2 is 1.80 bits per heavy atom. The van der Waals surface area contributed by atoms with Gasteiger partial charge in [0.1, 0.15) is 11.4 Å². The zero-order valence-corrected chi connectivity index (χ0v) is 24.4. The highest BCUT2D eigenvalue weighted by Crippen LogP contribution is 2.41. The third-order valence-electron chi connectivity index (χ3n) is 8.67. The smallest absolute Gasteiger partial charge is 0.391 e. The summed E-state index contributed by atoms with van der Waals surface area (Å²) in [4.78, 5) is 17.6. The molecule has 2 aliphatic heterocycles. The van der Waals surface area contributed by atoms with E-state index in [1.807, 2.05) is 28.8 Å². The number of aryl methyl sites for hydroxylation is 1. The average molecular weight is 619 g/mol. The first-order valence-corrected chi connectivity index (χ1v) is 15.3. The van der Waals surface area contributed by atoms with E-state index in [0.29, 0.717) is 18.7 Å². The summed E-state index contributed by atoms with van der Waals surface area (Å²) in [6.45, 7) is 0.162. The van der Waals surface area contributed by atoms with E-state index in [9.17, 15) is 31.5 Å². The molecule has 1 aromatic heterocycles. The summed E-state index contributed by atoms with van der Waals surface area (Å²) in [5.74, 6) is -1.47. The molecular weight excluding hydrogens is 581 g/mol. The van der Waals surface area contributed by atoms with Crippen LogP contribution in [0, 0.1) is 11.8 Å². The van der Waals surface area contributed by atoms with Crippen LogP contribution in [0.2, 0.25) is 0 Å². The van der Waals surface area contributed by atoms with E-state index in [-0.39, 0.29) is 89.4 Å². The number of carbonyl (C=O) groups is 1. The van der Waals surface area contributed by atoms with Crippen molar-refractivity contribution in [3.63, 3.8) is 0 Å². The van der Waals surface area contributed by atoms with Crippen LogP contribution in [0.1, 0.15) is 44.1 Å². The van der Waals surface area contributed by atoms with Crippen molar-refractivity contribution < 1.29 is 36.6 Å². The maximum absolute atomic E-state index is 13.2. The maximum Gasteiger partial charge on any atom is 0.391 e. The summed E-state index contributed by atoms with van der Waals surface area (Å²) in [5.41, 5.74) is 0.641. The van der Waals surface area contributed by atoms with Gasteiger partial charge in [-0.2, -0.15) is 26.7 Å². The number of aliphatic imine (C=N–C) groups is 1. The molecule has 1 saturated carbocycles. The number of aliphatic hydroxyl groups excluding tert-OH is 2. The number of rotatable bonds is 8. The van der Waals surface area contributed by atoms with Crippen LogP contribution >= 0.6 is 13.5 Å². The van der Waals surface area contributed by atoms with E-state index in [2.05, 4.69) is 10.3 Å². The predicted octanol–water partition coefficient (Wildman–Crippen LogP) is 2.71. The normalized spacial score (nSPS) is 24.2. The molecule has 1 atom stereocenters. The minimum absolute atomic E-state index is 0. The molecule has 3 N–H and O–H groups in total. The van der Waals surface area contributed by atoms with Crippen molar-refractivity contribution in [1.29, 1.82) is 0 Å². The molecule has 0 radical (unpaired) electrons. The Kier molecular flexibility index (Phi) is 9.49. The van der Waals surface area contributed by atoms with Crippen molar-refractivity contribution in [2.45, 2.75) is 69.3 Å². The Hall–Kier alpha value is -2.13. The van der Waals surface area contributed by atoms with Crippen LogP contribution < -0.4 is 5.32 Å². The largest absolute Gasteiger partial charge is 0.394 e. The molecule has 3 heterocycles. The highest BCUT2D eigenvalue weighted by molar-refractivity contribution is 7.89. The number of aromatic nitrogens is 1. The zero-order chi connectivity index (χ0) is 28.7. The molecule has 14 heteroatoms. The van der Waals surface area contributed by atoms with E-state index >= 15 is 0 Å². The first-order chi connectivity index (χ1) is 18.9. The van der Waals surface area contributed by atoms with Gasteiger partial charge in [-0.05, 0) is 62.6 Å². The summed E-state index contributed by atoms with van der Waals surface area (Å²) in [6.07, 6.45) is -1.88. The highest BCUT2D eigenvalue weighted by atomic mass is 32.2. The van der Waals surface area contributed by atoms with Gasteiger partial charge >= 0.3 is 6.18 Å². The van der Waals surface area contributed by atoms with E-state index < -0.39 is 33.8 Å². The number of carbonyl (C=O) groups excluding carboxylic acids is 1. The molecule has 9 nitrogen and oxygen atoms in total. The van der Waals surface area contributed by atoms with Crippen molar-refractivity contribution in [3.8, 4) is 0 Å². The number of aliphatic hydroxyl groups is 2. The van der Waals surface area contributed by atoms with Gasteiger partial charge in [-0.25, -0.2) is 12.7 Å². The summed E-state index contributed by atoms with van der Waals surface area (Å²) < 4.78 is 68.8. The predicted molar refractivity (Wildman–Crippen MR) is 154 cm³/mol. The first kappa shape index (κ1) is 31.8. The van der Waals surface area contributed by atoms with Gasteiger partial charge in [0.05, 0.1) is 30.9 Å². The Bertz CT molecular complexity index is 1380. The van der Waals surface area contributed by atoms with Crippen LogP contribution in [0.15, 0.2) is 35.5 Å². The number of hydrogen-bond donors (Lipinski definition) is 3. The third-order valence-corrected chi connectivity index (χ3v) is 10.5. The fourth-order valence-electron chi connectivity index (χ4n) is 6.22. The highest BCUT2D eigenvalue weighted by Gasteiger charge is 2.49. The van der Waals surface area contributed by atoms with Gasteiger partial charge in [0.15, 0.2) is 0 Å². The van der Waals surface area contributed by atoms with Crippen molar-refractivity contribution in [1.82, 2.24) is 14.2 Å². The zero-order valence-electron chi connectivity index (χ0n) is 22.6. The van der Waals surface area contributed by atoms with Gasteiger partial charge in [-0.15, -0.1) is 0 Å². The monoisotopic (exact) mass is 618 g/mol. The molecule has 228 valence electrons. The minimum Gasteiger partial charge on any atom is -0.394 e. The number of alkyl halides is 3. The van der Waals surface area contributed by atoms with Gasteiger partial charge in [0.2, 0.25) is 10.0 Å². The van der Waals surface area contributed by atoms with Gasteiger partial charge in [0, 0.05) is 36.1 Å². The Morgan fingerprint density at radius 1 is 1.12 bits per heavy atom. The van der Waals surface area contributed by atoms with Crippen LogP contribution in [-0.2, 0) is 27.8 Å². The lowest BCUT2D eigenvalue weighted by molar-refractivity contribution is -0.182. The Labute approximate surface area is 244 Å². The van der Waals surface area contributed by atoms with Gasteiger partial charge in [0.25, 0.3) is 5.91 Å². The number of nitrogens with zero attached hydrogens (tertiary/aromatic N) is 3. The molecule has 41 heavy (non-hydrogen) atoms. The fourth-order valence-corrected chi connectivity index (χ4v) is 7.69. The molecule has 0 unspecified atom stereocenters. The molecule has 2 aromatic rings. The topological polar surface area (TPSA) is 124 Å². The second-order valence-electron chi connectivity index (χ2n) is 11.2. The number of amides is 1. The van der Waals surface area contributed by atoms with Crippen LogP contribution in [0.5, 0.6) is 0 Å². The van der Waals surface area contributed by atoms with Crippen LogP contribution in [0.25, 0.3) is 10.9 Å². The molecule has 0 bridgehead atoms. The number of benzene rings is 1. The molecule has 3 aliphatic rings. The fraction of sp³-hybridized carbons (Fsp3) is 0.630. The van der Waals surface area contributed by atoms with Crippen molar-refractivity contribution in [3.05, 3.63) is 36.0 Å². The SMILES string of the molecule is O=C1NC(C2CCC(C(F)(F)F)CC2)=NC12CCN(S(=O)(=O)CCc1cccc3c1ccn3C[C@H](O)CO)CC2.S. The van der Waals surface area contributed by atoms with E-state index in [4.69, 9.17) is 5.11 Å². The molecule has 2 fully saturated rings. The summed E-state index contributed by atoms with van der Waals surface area (Å²) in [6, 6.07) is 7.46. The third kappa shape index (κ3) is 6.61. The van der Waals surface area contributed by atoms with Crippen molar-refractivity contribution in [2.75, 3.05) is 25.4 Å². The quantitative estimate of drug-likeness (QED) is 0.420. The van der Waals surface area contributed by atoms with Crippen LogP contribution in [-0.4, -0.2) is 82.5 Å². The standard InChI is InChI=1S/C27H35F3N4O5S.H2S/c28-27(29,30)20-6-4-19(5-7-20)24-31-25(37)26(32-24)10-13-34(14-11-26)40(38,39)15-9-18-2-1-3-23-22(18)8-12-33(23)16-21(36)17-35;/h1-3,8,12,19-21,35-36H,4-7,9-11,13-17H2,(H,31,32,37);1H2/t19?,20?,21-;/m0./s1. The van der Waals surface area contributed by atoms with Gasteiger partial charge in [-0.3, -0.25) is 9.79 Å². The molecule has 1 aromatic carbocycles. The average Bonchev–Trinajstić information content (AvgIpc) is 3.48. The first-order valence-electron chi connectivity index (χ1n) is 13.7. The number of sulfonamides is 1. The number of amidine groups is 1. The number of nitrogens with one attached hydrogen (secondary N) is 1. The summed E-state index contributed by atoms with van der Waals surface area (Å²) in [5, 5.41) is 22.6. The van der Waals surface area contributed by atoms with Crippen LogP contribution in [0.3, 0.4) is 0 Å². The van der Waals surface area contributed by atoms with Gasteiger partial charge in [-0.1, -0.05) is 12.1 Å². The van der Waals surface area contributed by atoms with Crippen molar-refractivity contribution >= 4 is 46.2 Å². The number of halogens is 3. The van der Waals surface area contributed by atoms with Gasteiger partial charge < -0.3 is 20.1 Å². The number of piperidine rings is 1. The summed E-state index contributed by atoms with van der Waals surface area (Å²) in [7, 11) is -3.62. The van der Waals surface area contributed by atoms with E-state index in [0.717, 1.165) is 16.5 Å². The van der Waals surface area contributed by atoms with Crippen LogP contribution in [0.4, 0.5) is 13.2 Å². The second-order valence-corrected chi connectivity index (χ2v) is 13.3. The number of hydrogen-bond acceptors (Lipinski definition) is 6. The number of fused-ring (bicyclic) bond motifs is 1. The minimum atomic E-state index is -4.20.